The molecular weight excluding hydrogens is 330 g/mol. The molecule has 0 aromatic carbocycles. The number of hydrogen-bond acceptors (Lipinski definition) is 6. The Bertz CT molecular complexity index is 699. The molecule has 130 valence electrons. The second kappa shape index (κ2) is 6.08. The Kier molecular flexibility index (Phi) is 4.25. The summed E-state index contributed by atoms with van der Waals surface area (Å²) in [6.07, 6.45) is 2.00. The molecule has 1 aromatic heterocycles. The number of nitrogens with zero attached hydrogens (tertiary/aromatic N) is 2. The maximum absolute atomic E-state index is 11.9. The third-order valence-electron chi connectivity index (χ3n) is 3.66. The molecule has 0 unspecified atom stereocenters. The van der Waals surface area contributed by atoms with E-state index in [0.29, 0.717) is 24.7 Å². The van der Waals surface area contributed by atoms with Crippen LogP contribution in [0, 0.1) is 0 Å². The number of likely N-dealkylation sites (N-methyl/N-ethyl adjacent to an activating group) is 1. The highest BCUT2D eigenvalue weighted by Crippen LogP contribution is 2.35. The lowest BCUT2D eigenvalue weighted by Gasteiger charge is -2.38. The zero-order valence-corrected chi connectivity index (χ0v) is 15.0. The minimum Gasteiger partial charge on any atom is -0.463 e. The van der Waals surface area contributed by atoms with Crippen molar-refractivity contribution in [2.45, 2.75) is 38.9 Å². The lowest BCUT2D eigenvalue weighted by Crippen LogP contribution is -2.57. The van der Waals surface area contributed by atoms with Crippen LogP contribution in [0.2, 0.25) is 0 Å². The highest BCUT2D eigenvalue weighted by Gasteiger charge is 2.36. The van der Waals surface area contributed by atoms with Gasteiger partial charge in [-0.25, -0.2) is 9.78 Å². The summed E-state index contributed by atoms with van der Waals surface area (Å²) in [5.74, 6) is -0.0744. The number of carbonyl (C=O) groups is 2. The van der Waals surface area contributed by atoms with Crippen LogP contribution in [0.5, 0.6) is 5.19 Å². The van der Waals surface area contributed by atoms with Gasteiger partial charge < -0.3 is 19.7 Å². The van der Waals surface area contributed by atoms with Crippen LogP contribution in [-0.2, 0) is 16.0 Å². The molecule has 0 atom stereocenters. The van der Waals surface area contributed by atoms with Gasteiger partial charge in [-0.05, 0) is 26.8 Å². The summed E-state index contributed by atoms with van der Waals surface area (Å²) in [6.45, 7) is 6.53. The standard InChI is InChI=1S/C16H21N3O4S/c1-16(2,3)23-15(21)19-7-10(8-19)22-14-18-11-5-9(13(20)17-4)6-12(11)24-14/h6,10H,5,7-8H2,1-4H3,(H,17,20). The number of fused-ring (bicyclic) bond motifs is 1. The third kappa shape index (κ3) is 3.53. The molecule has 1 aliphatic carbocycles. The van der Waals surface area contributed by atoms with Crippen molar-refractivity contribution in [1.82, 2.24) is 15.2 Å². The topological polar surface area (TPSA) is 80.8 Å². The first kappa shape index (κ1) is 16.8. The van der Waals surface area contributed by atoms with E-state index in [2.05, 4.69) is 10.3 Å². The number of likely N-dealkylation sites (tertiary alicyclic amines) is 1. The summed E-state index contributed by atoms with van der Waals surface area (Å²) in [5.41, 5.74) is 1.10. The fourth-order valence-corrected chi connectivity index (χ4v) is 3.42. The first-order valence-electron chi connectivity index (χ1n) is 7.82. The quantitative estimate of drug-likeness (QED) is 0.898. The van der Waals surface area contributed by atoms with Gasteiger partial charge in [0.25, 0.3) is 5.19 Å². The predicted octanol–water partition coefficient (Wildman–Crippen LogP) is 1.83. The smallest absolute Gasteiger partial charge is 0.410 e. The van der Waals surface area contributed by atoms with Crippen molar-refractivity contribution in [3.05, 3.63) is 16.1 Å². The molecule has 2 amide bonds. The largest absolute Gasteiger partial charge is 0.463 e. The second-order valence-corrected chi connectivity index (χ2v) is 7.83. The summed E-state index contributed by atoms with van der Waals surface area (Å²) in [7, 11) is 1.62. The molecule has 1 fully saturated rings. The normalized spacial score (nSPS) is 17.0. The number of rotatable bonds is 3. The molecule has 8 heteroatoms. The van der Waals surface area contributed by atoms with E-state index in [1.807, 2.05) is 26.8 Å². The molecule has 7 nitrogen and oxygen atoms in total. The first-order chi connectivity index (χ1) is 11.2. The monoisotopic (exact) mass is 351 g/mol. The molecule has 1 saturated heterocycles. The molecule has 0 radical (unpaired) electrons. The van der Waals surface area contributed by atoms with Crippen LogP contribution in [0.1, 0.15) is 31.3 Å². The van der Waals surface area contributed by atoms with E-state index in [-0.39, 0.29) is 18.1 Å². The van der Waals surface area contributed by atoms with Crippen LogP contribution in [-0.4, -0.2) is 53.7 Å². The van der Waals surface area contributed by atoms with E-state index in [4.69, 9.17) is 9.47 Å². The van der Waals surface area contributed by atoms with Gasteiger partial charge in [0.1, 0.15) is 11.7 Å². The zero-order valence-electron chi connectivity index (χ0n) is 14.2. The van der Waals surface area contributed by atoms with Gasteiger partial charge in [-0.2, -0.15) is 0 Å². The summed E-state index contributed by atoms with van der Waals surface area (Å²) in [4.78, 5) is 30.5. The van der Waals surface area contributed by atoms with Crippen LogP contribution < -0.4 is 10.1 Å². The number of amides is 2. The van der Waals surface area contributed by atoms with Gasteiger partial charge in [-0.15, -0.1) is 0 Å². The minimum absolute atomic E-state index is 0.0637. The van der Waals surface area contributed by atoms with E-state index in [1.165, 1.54) is 11.3 Å². The molecule has 1 N–H and O–H groups in total. The molecule has 1 aliphatic heterocycles. The van der Waals surface area contributed by atoms with Crippen molar-refractivity contribution in [1.29, 1.82) is 0 Å². The summed E-state index contributed by atoms with van der Waals surface area (Å²) < 4.78 is 11.1. The van der Waals surface area contributed by atoms with E-state index in [0.717, 1.165) is 16.1 Å². The summed E-state index contributed by atoms with van der Waals surface area (Å²) in [5, 5.41) is 3.20. The van der Waals surface area contributed by atoms with E-state index < -0.39 is 5.60 Å². The molecule has 0 spiro atoms. The number of aromatic nitrogens is 1. The van der Waals surface area contributed by atoms with Crippen LogP contribution in [0.15, 0.2) is 5.57 Å². The van der Waals surface area contributed by atoms with Gasteiger partial charge in [0, 0.05) is 19.0 Å². The Labute approximate surface area is 144 Å². The third-order valence-corrected chi connectivity index (χ3v) is 4.59. The lowest BCUT2D eigenvalue weighted by atomic mass is 10.2. The maximum atomic E-state index is 11.9. The number of nitrogens with one attached hydrogen (secondary N) is 1. The van der Waals surface area contributed by atoms with Crippen LogP contribution in [0.25, 0.3) is 6.08 Å². The molecular formula is C16H21N3O4S. The van der Waals surface area contributed by atoms with Crippen LogP contribution in [0.4, 0.5) is 4.79 Å². The number of carbonyl (C=O) groups excluding carboxylic acids is 2. The molecule has 2 heterocycles. The number of thiazole rings is 1. The maximum Gasteiger partial charge on any atom is 0.410 e. The number of hydrogen-bond donors (Lipinski definition) is 1. The fraction of sp³-hybridized carbons (Fsp3) is 0.562. The SMILES string of the molecule is CNC(=O)C1=Cc2sc(OC3CN(C(=O)OC(C)(C)C)C3)nc2C1. The van der Waals surface area contributed by atoms with Crippen molar-refractivity contribution in [3.63, 3.8) is 0 Å². The van der Waals surface area contributed by atoms with Gasteiger partial charge in [0.15, 0.2) is 0 Å². The molecule has 1 aromatic rings. The Morgan fingerprint density at radius 1 is 1.38 bits per heavy atom. The van der Waals surface area contributed by atoms with Crippen molar-refractivity contribution in [2.75, 3.05) is 20.1 Å². The predicted molar refractivity (Wildman–Crippen MR) is 90.1 cm³/mol. The van der Waals surface area contributed by atoms with Crippen LogP contribution in [0.3, 0.4) is 0 Å². The van der Waals surface area contributed by atoms with E-state index >= 15 is 0 Å². The molecule has 0 bridgehead atoms. The second-order valence-electron chi connectivity index (χ2n) is 6.84. The molecule has 24 heavy (non-hydrogen) atoms. The summed E-state index contributed by atoms with van der Waals surface area (Å²) in [6, 6.07) is 0. The van der Waals surface area contributed by atoms with Crippen molar-refractivity contribution < 1.29 is 19.1 Å². The zero-order chi connectivity index (χ0) is 17.5. The first-order valence-corrected chi connectivity index (χ1v) is 8.64. The Morgan fingerprint density at radius 3 is 2.67 bits per heavy atom. The van der Waals surface area contributed by atoms with Gasteiger partial charge >= 0.3 is 6.09 Å². The Balaban J connectivity index is 1.51. The van der Waals surface area contributed by atoms with Gasteiger partial charge in [0.05, 0.1) is 23.7 Å². The van der Waals surface area contributed by atoms with E-state index in [1.54, 1.807) is 11.9 Å². The van der Waals surface area contributed by atoms with Crippen molar-refractivity contribution >= 4 is 29.4 Å². The molecule has 2 aliphatic rings. The highest BCUT2D eigenvalue weighted by molar-refractivity contribution is 7.14. The number of ether oxygens (including phenoxy) is 2. The fourth-order valence-electron chi connectivity index (χ4n) is 2.46. The summed E-state index contributed by atoms with van der Waals surface area (Å²) >= 11 is 1.43. The van der Waals surface area contributed by atoms with Gasteiger partial charge in [0.2, 0.25) is 5.91 Å². The van der Waals surface area contributed by atoms with Crippen molar-refractivity contribution in [3.8, 4) is 5.19 Å². The average molecular weight is 351 g/mol. The van der Waals surface area contributed by atoms with Gasteiger partial charge in [-0.3, -0.25) is 4.79 Å². The Morgan fingerprint density at radius 2 is 2.08 bits per heavy atom. The van der Waals surface area contributed by atoms with E-state index in [9.17, 15) is 9.59 Å². The lowest BCUT2D eigenvalue weighted by molar-refractivity contribution is -0.117. The molecule has 0 saturated carbocycles. The average Bonchev–Trinajstić information content (AvgIpc) is 2.97. The highest BCUT2D eigenvalue weighted by atomic mass is 32.1. The van der Waals surface area contributed by atoms with Crippen molar-refractivity contribution in [2.24, 2.45) is 0 Å². The van der Waals surface area contributed by atoms with Gasteiger partial charge in [-0.1, -0.05) is 11.3 Å². The Hall–Kier alpha value is -2.09. The van der Waals surface area contributed by atoms with Crippen LogP contribution >= 0.6 is 11.3 Å². The minimum atomic E-state index is -0.492. The molecule has 3 rings (SSSR count).